The maximum atomic E-state index is 12.9. The molecule has 62 heavy (non-hydrogen) atoms. The van der Waals surface area contributed by atoms with Crippen molar-refractivity contribution in [3.05, 3.63) is 42.5 Å². The summed E-state index contributed by atoms with van der Waals surface area (Å²) in [4.78, 5) is 32.4. The topological polar surface area (TPSA) is 112 Å². The van der Waals surface area contributed by atoms with Gasteiger partial charge in [0.15, 0.2) is 0 Å². The largest absolute Gasteiger partial charge is 0.499 e. The summed E-state index contributed by atoms with van der Waals surface area (Å²) in [5, 5.41) is 2.56. The maximum Gasteiger partial charge on any atom is 0.306 e. The van der Waals surface area contributed by atoms with Crippen LogP contribution >= 0.6 is 0 Å². The average molecular weight is 870 g/mol. The Morgan fingerprint density at radius 2 is 1.10 bits per heavy atom. The predicted molar refractivity (Wildman–Crippen MR) is 263 cm³/mol. The minimum atomic E-state index is -0.316. The molecule has 0 spiro atoms. The quantitative estimate of drug-likeness (QED) is 0.0381. The number of aryl methyl sites for hydroxylation is 1. The van der Waals surface area contributed by atoms with E-state index in [1.807, 2.05) is 6.92 Å². The Balaban J connectivity index is 2.47. The Hall–Kier alpha value is -2.81. The van der Waals surface area contributed by atoms with Gasteiger partial charge in [-0.1, -0.05) is 175 Å². The first kappa shape index (κ1) is 57.2. The highest BCUT2D eigenvalue weighted by molar-refractivity contribution is 5.94. The van der Waals surface area contributed by atoms with E-state index in [0.29, 0.717) is 12.1 Å². The van der Waals surface area contributed by atoms with Crippen LogP contribution < -0.4 is 11.1 Å². The molecule has 360 valence electrons. The lowest BCUT2D eigenvalue weighted by atomic mass is 10.0. The van der Waals surface area contributed by atoms with Crippen LogP contribution in [0, 0.1) is 6.92 Å². The Morgan fingerprint density at radius 3 is 1.63 bits per heavy atom. The van der Waals surface area contributed by atoms with Gasteiger partial charge in [0.1, 0.15) is 11.8 Å². The Bertz CT molecular complexity index is 1230. The van der Waals surface area contributed by atoms with Crippen LogP contribution in [0.1, 0.15) is 255 Å². The molecule has 9 nitrogen and oxygen atoms in total. The highest BCUT2D eigenvalue weighted by atomic mass is 16.5. The third kappa shape index (κ3) is 32.8. The molecular formula is C53H99N5O4. The smallest absolute Gasteiger partial charge is 0.306 e. The zero-order valence-electron chi connectivity index (χ0n) is 41.2. The minimum Gasteiger partial charge on any atom is -0.499 e. The second-order valence-electron chi connectivity index (χ2n) is 18.3. The first-order valence-corrected chi connectivity index (χ1v) is 26.2. The standard InChI is InChI=1S/C53H99N5O4/c1-7-10-13-16-19-28-35-45-61-47(4)37-29-22-20-26-33-41-57(43-36-44-58-46-55-52(48(58)5)53(60)56-49(6)54)42-34-27-21-25-32-40-51(59)62-50(38-30-23-17-14-11-8-2)39-31-24-18-15-12-9-3/h46,50H,4,6-45,54H2,1-3,5H3,(H,56,60). The van der Waals surface area contributed by atoms with Crippen molar-refractivity contribution in [1.82, 2.24) is 19.8 Å². The van der Waals surface area contributed by atoms with Gasteiger partial charge in [0.2, 0.25) is 0 Å². The Labute approximate surface area is 382 Å². The summed E-state index contributed by atoms with van der Waals surface area (Å²) in [7, 11) is 0. The van der Waals surface area contributed by atoms with E-state index in [-0.39, 0.29) is 23.8 Å². The number of imidazole rings is 1. The van der Waals surface area contributed by atoms with Crippen LogP contribution in [0.15, 0.2) is 31.1 Å². The highest BCUT2D eigenvalue weighted by Gasteiger charge is 2.16. The van der Waals surface area contributed by atoms with Crippen molar-refractivity contribution in [3.63, 3.8) is 0 Å². The van der Waals surface area contributed by atoms with E-state index in [0.717, 1.165) is 102 Å². The Kier molecular flexibility index (Phi) is 37.8. The number of amides is 1. The normalized spacial score (nSPS) is 11.5. The highest BCUT2D eigenvalue weighted by Crippen LogP contribution is 2.19. The van der Waals surface area contributed by atoms with Gasteiger partial charge in [0.05, 0.1) is 24.5 Å². The molecule has 1 heterocycles. The Morgan fingerprint density at radius 1 is 0.645 bits per heavy atom. The van der Waals surface area contributed by atoms with Crippen LogP contribution in [-0.2, 0) is 20.8 Å². The molecule has 0 aliphatic rings. The number of rotatable bonds is 46. The number of esters is 1. The molecule has 1 amide bonds. The first-order chi connectivity index (χ1) is 30.2. The van der Waals surface area contributed by atoms with Crippen LogP contribution in [0.4, 0.5) is 0 Å². The summed E-state index contributed by atoms with van der Waals surface area (Å²) < 4.78 is 14.1. The zero-order valence-corrected chi connectivity index (χ0v) is 41.2. The molecular weight excluding hydrogens is 771 g/mol. The van der Waals surface area contributed by atoms with E-state index in [1.54, 1.807) is 6.33 Å². The summed E-state index contributed by atoms with van der Waals surface area (Å²) in [5.74, 6) is 0.778. The number of carbonyl (C=O) groups is 2. The second kappa shape index (κ2) is 40.9. The van der Waals surface area contributed by atoms with Gasteiger partial charge in [-0.3, -0.25) is 9.59 Å². The first-order valence-electron chi connectivity index (χ1n) is 26.2. The van der Waals surface area contributed by atoms with Crippen LogP contribution in [0.5, 0.6) is 0 Å². The van der Waals surface area contributed by atoms with Crippen molar-refractivity contribution in [2.24, 2.45) is 5.73 Å². The average Bonchev–Trinajstić information content (AvgIpc) is 3.62. The van der Waals surface area contributed by atoms with Crippen LogP contribution in [0.2, 0.25) is 0 Å². The molecule has 0 atom stereocenters. The predicted octanol–water partition coefficient (Wildman–Crippen LogP) is 14.4. The van der Waals surface area contributed by atoms with E-state index in [1.165, 1.54) is 154 Å². The van der Waals surface area contributed by atoms with E-state index in [9.17, 15) is 9.59 Å². The van der Waals surface area contributed by atoms with Crippen molar-refractivity contribution in [1.29, 1.82) is 0 Å². The third-order valence-corrected chi connectivity index (χ3v) is 12.4. The number of nitrogens with two attached hydrogens (primary N) is 1. The molecule has 0 unspecified atom stereocenters. The molecule has 1 rings (SSSR count). The van der Waals surface area contributed by atoms with Gasteiger partial charge in [-0.15, -0.1) is 0 Å². The molecule has 9 heteroatoms. The molecule has 0 radical (unpaired) electrons. The van der Waals surface area contributed by atoms with Gasteiger partial charge in [-0.05, 0) is 90.8 Å². The van der Waals surface area contributed by atoms with Crippen molar-refractivity contribution in [2.75, 3.05) is 26.2 Å². The van der Waals surface area contributed by atoms with Crippen molar-refractivity contribution < 1.29 is 19.1 Å². The van der Waals surface area contributed by atoms with Crippen molar-refractivity contribution in [3.8, 4) is 0 Å². The monoisotopic (exact) mass is 870 g/mol. The summed E-state index contributed by atoms with van der Waals surface area (Å²) >= 11 is 0. The molecule has 0 aromatic carbocycles. The molecule has 1 aromatic rings. The number of nitrogens with zero attached hydrogens (tertiary/aromatic N) is 3. The SMILES string of the molecule is C=C(N)NC(=O)c1ncn(CCCN(CCCCCCCC(=C)OCCCCCCCCC)CCCCCCCC(=O)OC(CCCCCCCC)CCCCCCCC)c1C. The lowest BCUT2D eigenvalue weighted by Crippen LogP contribution is -2.28. The molecule has 3 N–H and O–H groups in total. The van der Waals surface area contributed by atoms with Gasteiger partial charge < -0.3 is 30.0 Å². The van der Waals surface area contributed by atoms with E-state index >= 15 is 0 Å². The van der Waals surface area contributed by atoms with Gasteiger partial charge >= 0.3 is 5.97 Å². The number of ether oxygens (including phenoxy) is 2. The second-order valence-corrected chi connectivity index (χ2v) is 18.3. The van der Waals surface area contributed by atoms with Gasteiger partial charge in [-0.2, -0.15) is 0 Å². The number of allylic oxidation sites excluding steroid dienone is 1. The fourth-order valence-electron chi connectivity index (χ4n) is 8.38. The summed E-state index contributed by atoms with van der Waals surface area (Å²) in [5.41, 5.74) is 6.82. The molecule has 0 aliphatic carbocycles. The molecule has 0 fully saturated rings. The van der Waals surface area contributed by atoms with E-state index in [4.69, 9.17) is 15.2 Å². The summed E-state index contributed by atoms with van der Waals surface area (Å²) in [6.07, 6.45) is 42.4. The number of aromatic nitrogens is 2. The molecule has 0 saturated carbocycles. The van der Waals surface area contributed by atoms with Crippen LogP contribution in [0.25, 0.3) is 0 Å². The number of carbonyl (C=O) groups excluding carboxylic acids is 2. The number of hydrogen-bond donors (Lipinski definition) is 2. The van der Waals surface area contributed by atoms with Crippen molar-refractivity contribution in [2.45, 2.75) is 259 Å². The lowest BCUT2D eigenvalue weighted by molar-refractivity contribution is -0.150. The van der Waals surface area contributed by atoms with E-state index < -0.39 is 0 Å². The van der Waals surface area contributed by atoms with Crippen LogP contribution in [0.3, 0.4) is 0 Å². The third-order valence-electron chi connectivity index (χ3n) is 12.4. The van der Waals surface area contributed by atoms with E-state index in [2.05, 4.69) is 53.7 Å². The van der Waals surface area contributed by atoms with Crippen LogP contribution in [-0.4, -0.2) is 58.7 Å². The maximum absolute atomic E-state index is 12.9. The number of nitrogens with one attached hydrogen (secondary N) is 1. The number of hydrogen-bond acceptors (Lipinski definition) is 7. The van der Waals surface area contributed by atoms with Gasteiger partial charge in [-0.25, -0.2) is 4.98 Å². The fraction of sp³-hybridized carbons (Fsp3) is 0.830. The summed E-state index contributed by atoms with van der Waals surface area (Å²) in [6.45, 7) is 21.3. The van der Waals surface area contributed by atoms with Gasteiger partial charge in [0.25, 0.3) is 5.91 Å². The molecule has 0 saturated heterocycles. The fourth-order valence-corrected chi connectivity index (χ4v) is 8.38. The van der Waals surface area contributed by atoms with Crippen molar-refractivity contribution >= 4 is 11.9 Å². The zero-order chi connectivity index (χ0) is 45.3. The lowest BCUT2D eigenvalue weighted by Gasteiger charge is -2.22. The number of unbranched alkanes of at least 4 members (excludes halogenated alkanes) is 24. The minimum absolute atomic E-state index is 0.0147. The molecule has 0 bridgehead atoms. The van der Waals surface area contributed by atoms with Gasteiger partial charge in [0, 0.05) is 25.1 Å². The summed E-state index contributed by atoms with van der Waals surface area (Å²) in [6, 6.07) is 0. The molecule has 1 aromatic heterocycles. The molecule has 0 aliphatic heterocycles.